The molecule has 0 rings (SSSR count). The second-order valence-corrected chi connectivity index (χ2v) is 4.64. The van der Waals surface area contributed by atoms with Gasteiger partial charge in [0.2, 0.25) is 0 Å². The zero-order chi connectivity index (χ0) is 11.5. The minimum absolute atomic E-state index is 0.661. The number of nitrogens with one attached hydrogen (secondary N) is 1. The highest BCUT2D eigenvalue weighted by atomic mass is 32.2. The van der Waals surface area contributed by atoms with Crippen LogP contribution in [-0.2, 0) is 4.74 Å². The van der Waals surface area contributed by atoms with Gasteiger partial charge in [-0.3, -0.25) is 0 Å². The maximum atomic E-state index is 5.25. The average Bonchev–Trinajstić information content (AvgIpc) is 2.23. The SMILES string of the molecule is CCOCCNCCN(C)C(C)CSC. The lowest BCUT2D eigenvalue weighted by atomic mass is 10.3. The van der Waals surface area contributed by atoms with Gasteiger partial charge in [0.05, 0.1) is 6.61 Å². The van der Waals surface area contributed by atoms with E-state index in [0.29, 0.717) is 6.04 Å². The van der Waals surface area contributed by atoms with Crippen LogP contribution in [0.25, 0.3) is 0 Å². The number of rotatable bonds is 10. The van der Waals surface area contributed by atoms with Crippen LogP contribution in [0.5, 0.6) is 0 Å². The summed E-state index contributed by atoms with van der Waals surface area (Å²) in [6.07, 6.45) is 2.16. The fourth-order valence-corrected chi connectivity index (χ4v) is 1.99. The lowest BCUT2D eigenvalue weighted by Gasteiger charge is -2.24. The van der Waals surface area contributed by atoms with Gasteiger partial charge in [0, 0.05) is 38.0 Å². The Morgan fingerprint density at radius 3 is 2.73 bits per heavy atom. The third kappa shape index (κ3) is 9.18. The van der Waals surface area contributed by atoms with E-state index >= 15 is 0 Å². The predicted molar refractivity (Wildman–Crippen MR) is 69.8 cm³/mol. The lowest BCUT2D eigenvalue weighted by Crippen LogP contribution is -2.37. The van der Waals surface area contributed by atoms with E-state index < -0.39 is 0 Å². The molecule has 0 aliphatic rings. The first-order valence-corrected chi connectivity index (χ1v) is 7.09. The normalized spacial score (nSPS) is 13.4. The standard InChI is InChI=1S/C11H26N2OS/c1-5-14-9-7-12-6-8-13(3)11(2)10-15-4/h11-12H,5-10H2,1-4H3. The van der Waals surface area contributed by atoms with Gasteiger partial charge < -0.3 is 15.0 Å². The van der Waals surface area contributed by atoms with E-state index in [9.17, 15) is 0 Å². The third-order valence-corrected chi connectivity index (χ3v) is 3.24. The molecule has 0 bridgehead atoms. The van der Waals surface area contributed by atoms with Crippen molar-refractivity contribution in [3.05, 3.63) is 0 Å². The van der Waals surface area contributed by atoms with E-state index in [1.54, 1.807) is 0 Å². The lowest BCUT2D eigenvalue weighted by molar-refractivity contribution is 0.148. The molecule has 1 unspecified atom stereocenters. The number of thioether (sulfide) groups is 1. The van der Waals surface area contributed by atoms with Crippen molar-refractivity contribution in [2.75, 3.05) is 51.9 Å². The summed E-state index contributed by atoms with van der Waals surface area (Å²) in [5.74, 6) is 1.20. The van der Waals surface area contributed by atoms with Crippen LogP contribution < -0.4 is 5.32 Å². The molecule has 0 radical (unpaired) electrons. The van der Waals surface area contributed by atoms with Gasteiger partial charge in [0.15, 0.2) is 0 Å². The molecule has 0 aliphatic heterocycles. The third-order valence-electron chi connectivity index (χ3n) is 2.43. The summed E-state index contributed by atoms with van der Waals surface area (Å²) >= 11 is 1.91. The highest BCUT2D eigenvalue weighted by Gasteiger charge is 2.06. The first-order chi connectivity index (χ1) is 7.22. The average molecular weight is 234 g/mol. The van der Waals surface area contributed by atoms with Crippen molar-refractivity contribution in [2.45, 2.75) is 19.9 Å². The fourth-order valence-electron chi connectivity index (χ4n) is 1.26. The van der Waals surface area contributed by atoms with Gasteiger partial charge in [-0.25, -0.2) is 0 Å². The van der Waals surface area contributed by atoms with Gasteiger partial charge in [-0.15, -0.1) is 0 Å². The van der Waals surface area contributed by atoms with Gasteiger partial charge in [0.25, 0.3) is 0 Å². The molecule has 0 spiro atoms. The minimum atomic E-state index is 0.661. The molecule has 1 atom stereocenters. The predicted octanol–water partition coefficient (Wildman–Crippen LogP) is 1.30. The molecule has 0 fully saturated rings. The van der Waals surface area contributed by atoms with Crippen LogP contribution in [0, 0.1) is 0 Å². The molecule has 0 aromatic carbocycles. The summed E-state index contributed by atoms with van der Waals surface area (Å²) < 4.78 is 5.25. The van der Waals surface area contributed by atoms with Crippen molar-refractivity contribution < 1.29 is 4.74 Å². The summed E-state index contributed by atoms with van der Waals surface area (Å²) in [6, 6.07) is 0.661. The largest absolute Gasteiger partial charge is 0.380 e. The smallest absolute Gasteiger partial charge is 0.0590 e. The van der Waals surface area contributed by atoms with Gasteiger partial charge in [0.1, 0.15) is 0 Å². The van der Waals surface area contributed by atoms with Gasteiger partial charge in [-0.05, 0) is 27.2 Å². The van der Waals surface area contributed by atoms with Crippen molar-refractivity contribution >= 4 is 11.8 Å². The Hall–Kier alpha value is 0.230. The van der Waals surface area contributed by atoms with Crippen LogP contribution in [0.2, 0.25) is 0 Å². The van der Waals surface area contributed by atoms with E-state index in [4.69, 9.17) is 4.74 Å². The summed E-state index contributed by atoms with van der Waals surface area (Å²) in [5, 5.41) is 3.37. The molecule has 0 aromatic heterocycles. The van der Waals surface area contributed by atoms with Crippen molar-refractivity contribution in [3.63, 3.8) is 0 Å². The molecule has 0 heterocycles. The topological polar surface area (TPSA) is 24.5 Å². The Labute approximate surface area is 98.9 Å². The molecule has 3 nitrogen and oxygen atoms in total. The minimum Gasteiger partial charge on any atom is -0.380 e. The van der Waals surface area contributed by atoms with Crippen LogP contribution in [0.15, 0.2) is 0 Å². The quantitative estimate of drug-likeness (QED) is 0.576. The Bertz CT molecular complexity index is 136. The molecule has 0 aliphatic carbocycles. The Kier molecular flexibility index (Phi) is 10.9. The van der Waals surface area contributed by atoms with E-state index in [0.717, 1.165) is 32.8 Å². The van der Waals surface area contributed by atoms with Crippen LogP contribution in [-0.4, -0.2) is 62.8 Å². The van der Waals surface area contributed by atoms with Gasteiger partial charge in [-0.1, -0.05) is 0 Å². The van der Waals surface area contributed by atoms with Gasteiger partial charge >= 0.3 is 0 Å². The molecular formula is C11H26N2OS. The van der Waals surface area contributed by atoms with Gasteiger partial charge in [-0.2, -0.15) is 11.8 Å². The second kappa shape index (κ2) is 10.7. The molecular weight excluding hydrogens is 208 g/mol. The fraction of sp³-hybridized carbons (Fsp3) is 1.00. The second-order valence-electron chi connectivity index (χ2n) is 3.73. The van der Waals surface area contributed by atoms with Crippen molar-refractivity contribution in [1.82, 2.24) is 10.2 Å². The van der Waals surface area contributed by atoms with Crippen LogP contribution >= 0.6 is 11.8 Å². The molecule has 92 valence electrons. The molecule has 1 N–H and O–H groups in total. The number of hydrogen-bond donors (Lipinski definition) is 1. The molecule has 0 saturated heterocycles. The van der Waals surface area contributed by atoms with Crippen molar-refractivity contribution in [1.29, 1.82) is 0 Å². The highest BCUT2D eigenvalue weighted by Crippen LogP contribution is 2.02. The van der Waals surface area contributed by atoms with Crippen molar-refractivity contribution in [3.8, 4) is 0 Å². The molecule has 0 amide bonds. The van der Waals surface area contributed by atoms with E-state index in [1.165, 1.54) is 5.75 Å². The number of nitrogens with zero attached hydrogens (tertiary/aromatic N) is 1. The van der Waals surface area contributed by atoms with E-state index in [1.807, 2.05) is 18.7 Å². The van der Waals surface area contributed by atoms with Crippen LogP contribution in [0.4, 0.5) is 0 Å². The number of ether oxygens (including phenoxy) is 1. The zero-order valence-electron chi connectivity index (χ0n) is 10.6. The maximum Gasteiger partial charge on any atom is 0.0590 e. The monoisotopic (exact) mass is 234 g/mol. The summed E-state index contributed by atoms with van der Waals surface area (Å²) in [4.78, 5) is 2.39. The van der Waals surface area contributed by atoms with Crippen molar-refractivity contribution in [2.24, 2.45) is 0 Å². The van der Waals surface area contributed by atoms with E-state index in [2.05, 4.69) is 30.4 Å². The molecule has 4 heteroatoms. The van der Waals surface area contributed by atoms with Crippen LogP contribution in [0.3, 0.4) is 0 Å². The van der Waals surface area contributed by atoms with Crippen LogP contribution in [0.1, 0.15) is 13.8 Å². The molecule has 0 aromatic rings. The number of likely N-dealkylation sites (N-methyl/N-ethyl adjacent to an activating group) is 1. The first-order valence-electron chi connectivity index (χ1n) is 5.70. The summed E-state index contributed by atoms with van der Waals surface area (Å²) in [6.45, 7) is 9.04. The Balaban J connectivity index is 3.26. The number of hydrogen-bond acceptors (Lipinski definition) is 4. The van der Waals surface area contributed by atoms with E-state index in [-0.39, 0.29) is 0 Å². The summed E-state index contributed by atoms with van der Waals surface area (Å²) in [7, 11) is 2.19. The Morgan fingerprint density at radius 2 is 2.13 bits per heavy atom. The summed E-state index contributed by atoms with van der Waals surface area (Å²) in [5.41, 5.74) is 0. The molecule has 0 saturated carbocycles. The Morgan fingerprint density at radius 1 is 1.40 bits per heavy atom. The zero-order valence-corrected chi connectivity index (χ0v) is 11.4. The highest BCUT2D eigenvalue weighted by molar-refractivity contribution is 7.98. The molecule has 15 heavy (non-hydrogen) atoms. The maximum absolute atomic E-state index is 5.25. The first kappa shape index (κ1) is 15.2.